The highest BCUT2D eigenvalue weighted by atomic mass is 16.1. The second kappa shape index (κ2) is 5.76. The molecule has 0 amide bonds. The maximum atomic E-state index is 11.5. The topological polar surface area (TPSA) is 30.0 Å². The average molecular weight is 229 g/mol. The van der Waals surface area contributed by atoms with Gasteiger partial charge in [0, 0.05) is 18.8 Å². The minimum Gasteiger partial charge on any atom is -0.295 e. The molecular formula is C15H19NO. The van der Waals surface area contributed by atoms with Crippen molar-refractivity contribution in [2.24, 2.45) is 0 Å². The molecule has 17 heavy (non-hydrogen) atoms. The molecule has 0 bridgehead atoms. The van der Waals surface area contributed by atoms with Gasteiger partial charge in [-0.3, -0.25) is 9.78 Å². The third-order valence-corrected chi connectivity index (χ3v) is 3.58. The van der Waals surface area contributed by atoms with E-state index < -0.39 is 0 Å². The van der Waals surface area contributed by atoms with Gasteiger partial charge in [-0.25, -0.2) is 0 Å². The standard InChI is InChI=1S/C15H19NO/c1-2-14(17)10-13-11-16-9-8-15(13)12-6-4-3-5-7-12/h2,8-9,11-12H,1,3-7,10H2. The summed E-state index contributed by atoms with van der Waals surface area (Å²) in [5.74, 6) is 0.703. The molecule has 90 valence electrons. The van der Waals surface area contributed by atoms with E-state index in [0.29, 0.717) is 12.3 Å². The number of ketones is 1. The quantitative estimate of drug-likeness (QED) is 0.740. The summed E-state index contributed by atoms with van der Waals surface area (Å²) in [6.45, 7) is 3.53. The lowest BCUT2D eigenvalue weighted by atomic mass is 9.82. The predicted molar refractivity (Wildman–Crippen MR) is 69.0 cm³/mol. The van der Waals surface area contributed by atoms with Crippen LogP contribution in [0.1, 0.15) is 49.1 Å². The van der Waals surface area contributed by atoms with E-state index in [1.54, 1.807) is 0 Å². The SMILES string of the molecule is C=CC(=O)Cc1cnccc1C1CCCCC1. The summed E-state index contributed by atoms with van der Waals surface area (Å²) in [5, 5.41) is 0. The lowest BCUT2D eigenvalue weighted by Gasteiger charge is -2.23. The van der Waals surface area contributed by atoms with Crippen LogP contribution in [-0.2, 0) is 11.2 Å². The summed E-state index contributed by atoms with van der Waals surface area (Å²) < 4.78 is 0. The molecule has 0 N–H and O–H groups in total. The van der Waals surface area contributed by atoms with Gasteiger partial charge in [0.1, 0.15) is 0 Å². The van der Waals surface area contributed by atoms with Crippen LogP contribution in [0.3, 0.4) is 0 Å². The number of hydrogen-bond donors (Lipinski definition) is 0. The highest BCUT2D eigenvalue weighted by molar-refractivity contribution is 5.91. The predicted octanol–water partition coefficient (Wildman–Crippen LogP) is 3.43. The molecular weight excluding hydrogens is 210 g/mol. The third kappa shape index (κ3) is 3.02. The van der Waals surface area contributed by atoms with Crippen LogP contribution in [0.25, 0.3) is 0 Å². The fourth-order valence-electron chi connectivity index (χ4n) is 2.66. The highest BCUT2D eigenvalue weighted by Crippen LogP contribution is 2.34. The Bertz CT molecular complexity index is 405. The van der Waals surface area contributed by atoms with Crippen molar-refractivity contribution in [2.75, 3.05) is 0 Å². The Morgan fingerprint density at radius 2 is 2.18 bits per heavy atom. The average Bonchev–Trinajstić information content (AvgIpc) is 2.40. The van der Waals surface area contributed by atoms with Gasteiger partial charge < -0.3 is 0 Å². The number of carbonyl (C=O) groups excluding carboxylic acids is 1. The van der Waals surface area contributed by atoms with Gasteiger partial charge in [-0.1, -0.05) is 25.8 Å². The number of pyridine rings is 1. The first-order chi connectivity index (χ1) is 8.31. The van der Waals surface area contributed by atoms with Crippen LogP contribution >= 0.6 is 0 Å². The summed E-state index contributed by atoms with van der Waals surface area (Å²) in [4.78, 5) is 15.6. The van der Waals surface area contributed by atoms with E-state index >= 15 is 0 Å². The largest absolute Gasteiger partial charge is 0.295 e. The molecule has 0 spiro atoms. The molecule has 0 atom stereocenters. The Labute approximate surface area is 103 Å². The Hall–Kier alpha value is -1.44. The highest BCUT2D eigenvalue weighted by Gasteiger charge is 2.18. The van der Waals surface area contributed by atoms with Crippen molar-refractivity contribution >= 4 is 5.78 Å². The molecule has 1 aromatic heterocycles. The zero-order valence-corrected chi connectivity index (χ0v) is 10.2. The summed E-state index contributed by atoms with van der Waals surface area (Å²) in [6.07, 6.45) is 12.0. The zero-order chi connectivity index (χ0) is 12.1. The summed E-state index contributed by atoms with van der Waals surface area (Å²) in [7, 11) is 0. The first-order valence-corrected chi connectivity index (χ1v) is 6.39. The van der Waals surface area contributed by atoms with E-state index in [2.05, 4.69) is 17.6 Å². The van der Waals surface area contributed by atoms with Crippen molar-refractivity contribution in [3.8, 4) is 0 Å². The van der Waals surface area contributed by atoms with Crippen molar-refractivity contribution in [2.45, 2.75) is 44.4 Å². The fourth-order valence-corrected chi connectivity index (χ4v) is 2.66. The molecule has 1 aliphatic rings. The van der Waals surface area contributed by atoms with Crippen LogP contribution in [0, 0.1) is 0 Å². The van der Waals surface area contributed by atoms with Crippen molar-refractivity contribution < 1.29 is 4.79 Å². The van der Waals surface area contributed by atoms with Crippen LogP contribution in [0.15, 0.2) is 31.1 Å². The molecule has 2 nitrogen and oxygen atoms in total. The summed E-state index contributed by atoms with van der Waals surface area (Å²) in [6, 6.07) is 2.09. The minimum atomic E-state index is 0.0788. The summed E-state index contributed by atoms with van der Waals surface area (Å²) in [5.41, 5.74) is 2.42. The molecule has 2 rings (SSSR count). The maximum Gasteiger partial charge on any atom is 0.159 e. The molecule has 1 heterocycles. The molecule has 0 radical (unpaired) electrons. The Morgan fingerprint density at radius 1 is 1.41 bits per heavy atom. The lowest BCUT2D eigenvalue weighted by molar-refractivity contribution is -0.114. The monoisotopic (exact) mass is 229 g/mol. The van der Waals surface area contributed by atoms with Crippen molar-refractivity contribution in [3.05, 3.63) is 42.2 Å². The minimum absolute atomic E-state index is 0.0788. The Morgan fingerprint density at radius 3 is 2.88 bits per heavy atom. The van der Waals surface area contributed by atoms with E-state index in [4.69, 9.17) is 0 Å². The molecule has 1 fully saturated rings. The molecule has 1 aliphatic carbocycles. The number of rotatable bonds is 4. The smallest absolute Gasteiger partial charge is 0.159 e. The van der Waals surface area contributed by atoms with Crippen molar-refractivity contribution in [1.82, 2.24) is 4.98 Å². The molecule has 1 saturated carbocycles. The molecule has 2 heteroatoms. The number of hydrogen-bond acceptors (Lipinski definition) is 2. The van der Waals surface area contributed by atoms with Gasteiger partial charge in [0.15, 0.2) is 5.78 Å². The lowest BCUT2D eigenvalue weighted by Crippen LogP contribution is -2.10. The van der Waals surface area contributed by atoms with E-state index in [9.17, 15) is 4.79 Å². The van der Waals surface area contributed by atoms with Gasteiger partial charge in [-0.2, -0.15) is 0 Å². The van der Waals surface area contributed by atoms with Crippen molar-refractivity contribution in [1.29, 1.82) is 0 Å². The van der Waals surface area contributed by atoms with Crippen LogP contribution in [0.5, 0.6) is 0 Å². The molecule has 0 saturated heterocycles. The number of nitrogens with zero attached hydrogens (tertiary/aromatic N) is 1. The molecule has 0 aliphatic heterocycles. The Kier molecular flexibility index (Phi) is 4.08. The van der Waals surface area contributed by atoms with Gasteiger partial charge in [0.2, 0.25) is 0 Å². The second-order valence-electron chi connectivity index (χ2n) is 4.76. The number of carbonyl (C=O) groups is 1. The normalized spacial score (nSPS) is 16.7. The first-order valence-electron chi connectivity index (χ1n) is 6.39. The van der Waals surface area contributed by atoms with E-state index in [-0.39, 0.29) is 5.78 Å². The summed E-state index contributed by atoms with van der Waals surface area (Å²) >= 11 is 0. The van der Waals surface area contributed by atoms with Crippen LogP contribution in [0.4, 0.5) is 0 Å². The fraction of sp³-hybridized carbons (Fsp3) is 0.467. The van der Waals surface area contributed by atoms with Gasteiger partial charge in [-0.15, -0.1) is 0 Å². The second-order valence-corrected chi connectivity index (χ2v) is 4.76. The maximum absolute atomic E-state index is 11.5. The van der Waals surface area contributed by atoms with E-state index in [1.807, 2.05) is 12.4 Å². The van der Waals surface area contributed by atoms with Crippen LogP contribution < -0.4 is 0 Å². The van der Waals surface area contributed by atoms with Crippen LogP contribution in [0.2, 0.25) is 0 Å². The number of aromatic nitrogens is 1. The van der Waals surface area contributed by atoms with Gasteiger partial charge in [0.25, 0.3) is 0 Å². The molecule has 1 aromatic rings. The van der Waals surface area contributed by atoms with Crippen molar-refractivity contribution in [3.63, 3.8) is 0 Å². The van der Waals surface area contributed by atoms with Gasteiger partial charge in [0.05, 0.1) is 0 Å². The van der Waals surface area contributed by atoms with Crippen LogP contribution in [-0.4, -0.2) is 10.8 Å². The molecule has 0 aromatic carbocycles. The first kappa shape index (κ1) is 12.0. The Balaban J connectivity index is 2.19. The molecule has 0 unspecified atom stereocenters. The van der Waals surface area contributed by atoms with Gasteiger partial charge >= 0.3 is 0 Å². The van der Waals surface area contributed by atoms with E-state index in [0.717, 1.165) is 5.56 Å². The third-order valence-electron chi connectivity index (χ3n) is 3.58. The van der Waals surface area contributed by atoms with Gasteiger partial charge in [-0.05, 0) is 42.0 Å². The number of allylic oxidation sites excluding steroid dienone is 1. The van der Waals surface area contributed by atoms with E-state index in [1.165, 1.54) is 43.7 Å². The zero-order valence-electron chi connectivity index (χ0n) is 10.2.